The van der Waals surface area contributed by atoms with Gasteiger partial charge in [-0.15, -0.1) is 0 Å². The Morgan fingerprint density at radius 1 is 1.24 bits per heavy atom. The lowest BCUT2D eigenvalue weighted by Crippen LogP contribution is -1.98. The summed E-state index contributed by atoms with van der Waals surface area (Å²) in [5.74, 6) is 0.681. The summed E-state index contributed by atoms with van der Waals surface area (Å²) in [6, 6.07) is 13.2. The van der Waals surface area contributed by atoms with Gasteiger partial charge in [-0.2, -0.15) is 5.26 Å². The van der Waals surface area contributed by atoms with Crippen molar-refractivity contribution in [2.45, 2.75) is 6.61 Å². The summed E-state index contributed by atoms with van der Waals surface area (Å²) in [5, 5.41) is 8.93. The fourth-order valence-electron chi connectivity index (χ4n) is 1.36. The van der Waals surface area contributed by atoms with Crippen LogP contribution in [0.1, 0.15) is 11.1 Å². The van der Waals surface area contributed by atoms with Crippen molar-refractivity contribution in [2.75, 3.05) is 0 Å². The molecule has 84 valence electrons. The van der Waals surface area contributed by atoms with Crippen LogP contribution in [0.3, 0.4) is 0 Å². The Morgan fingerprint density at radius 3 is 2.76 bits per heavy atom. The number of ether oxygens (including phenoxy) is 1. The smallest absolute Gasteiger partial charge is 0.138 e. The molecule has 0 bridgehead atoms. The van der Waals surface area contributed by atoms with Gasteiger partial charge in [-0.3, -0.25) is 0 Å². The Hall–Kier alpha value is -1.86. The van der Waals surface area contributed by atoms with Crippen LogP contribution in [-0.2, 0) is 6.61 Å². The molecule has 0 aliphatic carbocycles. The molecular weight excluding hydrogens is 280 g/mol. The summed E-state index contributed by atoms with van der Waals surface area (Å²) in [6.07, 6.45) is 1.64. The number of aromatic nitrogens is 1. The van der Waals surface area contributed by atoms with E-state index in [1.165, 1.54) is 0 Å². The number of nitrogens with zero attached hydrogens (tertiary/aromatic N) is 2. The normalized spacial score (nSPS) is 9.65. The first kappa shape index (κ1) is 11.6. The first-order chi connectivity index (χ1) is 8.29. The van der Waals surface area contributed by atoms with E-state index in [1.807, 2.05) is 30.3 Å². The predicted molar refractivity (Wildman–Crippen MR) is 67.4 cm³/mol. The summed E-state index contributed by atoms with van der Waals surface area (Å²) in [7, 11) is 0. The highest BCUT2D eigenvalue weighted by atomic mass is 79.9. The van der Waals surface area contributed by atoms with E-state index < -0.39 is 0 Å². The maximum Gasteiger partial charge on any atom is 0.138 e. The zero-order chi connectivity index (χ0) is 12.1. The standard InChI is InChI=1S/C13H9BrN2O/c14-13-6-5-12(8-16-13)17-9-11-4-2-1-3-10(11)7-15/h1-6,8H,9H2. The van der Waals surface area contributed by atoms with E-state index in [-0.39, 0.29) is 0 Å². The molecule has 0 amide bonds. The second kappa shape index (κ2) is 5.46. The van der Waals surface area contributed by atoms with Gasteiger partial charge in [0.25, 0.3) is 0 Å². The Morgan fingerprint density at radius 2 is 2.06 bits per heavy atom. The van der Waals surface area contributed by atoms with E-state index in [0.717, 1.165) is 10.2 Å². The first-order valence-electron chi connectivity index (χ1n) is 5.02. The van der Waals surface area contributed by atoms with Crippen LogP contribution >= 0.6 is 15.9 Å². The van der Waals surface area contributed by atoms with Gasteiger partial charge < -0.3 is 4.74 Å². The summed E-state index contributed by atoms with van der Waals surface area (Å²) in [5.41, 5.74) is 1.51. The third-order valence-corrected chi connectivity index (χ3v) is 2.70. The largest absolute Gasteiger partial charge is 0.487 e. The Bertz CT molecular complexity index is 546. The minimum atomic E-state index is 0.368. The molecule has 0 N–H and O–H groups in total. The van der Waals surface area contributed by atoms with Crippen LogP contribution in [0.25, 0.3) is 0 Å². The van der Waals surface area contributed by atoms with Crippen molar-refractivity contribution < 1.29 is 4.74 Å². The van der Waals surface area contributed by atoms with Crippen molar-refractivity contribution in [3.8, 4) is 11.8 Å². The van der Waals surface area contributed by atoms with Gasteiger partial charge in [0.15, 0.2) is 0 Å². The van der Waals surface area contributed by atoms with Crippen molar-refractivity contribution in [3.63, 3.8) is 0 Å². The van der Waals surface area contributed by atoms with Gasteiger partial charge in [0.05, 0.1) is 17.8 Å². The molecule has 2 rings (SSSR count). The van der Waals surface area contributed by atoms with Gasteiger partial charge in [-0.25, -0.2) is 4.98 Å². The highest BCUT2D eigenvalue weighted by Gasteiger charge is 2.01. The zero-order valence-electron chi connectivity index (χ0n) is 8.93. The summed E-state index contributed by atoms with van der Waals surface area (Å²) < 4.78 is 6.32. The van der Waals surface area contributed by atoms with E-state index in [0.29, 0.717) is 17.9 Å². The van der Waals surface area contributed by atoms with Crippen molar-refractivity contribution in [1.29, 1.82) is 5.26 Å². The van der Waals surface area contributed by atoms with Crippen LogP contribution in [0.15, 0.2) is 47.2 Å². The maximum absolute atomic E-state index is 8.93. The van der Waals surface area contributed by atoms with Crippen LogP contribution in [0.5, 0.6) is 5.75 Å². The number of nitriles is 1. The molecule has 3 nitrogen and oxygen atoms in total. The fourth-order valence-corrected chi connectivity index (χ4v) is 1.60. The van der Waals surface area contributed by atoms with Crippen LogP contribution in [0, 0.1) is 11.3 Å². The predicted octanol–water partition coefficient (Wildman–Crippen LogP) is 3.29. The van der Waals surface area contributed by atoms with Gasteiger partial charge in [-0.1, -0.05) is 18.2 Å². The molecule has 0 unspecified atom stereocenters. The van der Waals surface area contributed by atoms with E-state index in [4.69, 9.17) is 10.00 Å². The number of benzene rings is 1. The quantitative estimate of drug-likeness (QED) is 0.814. The summed E-state index contributed by atoms with van der Waals surface area (Å²) in [4.78, 5) is 4.06. The van der Waals surface area contributed by atoms with Crippen LogP contribution in [-0.4, -0.2) is 4.98 Å². The molecule has 4 heteroatoms. The lowest BCUT2D eigenvalue weighted by Gasteiger charge is -2.06. The highest BCUT2D eigenvalue weighted by molar-refractivity contribution is 9.10. The first-order valence-corrected chi connectivity index (χ1v) is 5.81. The second-order valence-corrected chi connectivity index (χ2v) is 4.19. The number of pyridine rings is 1. The molecule has 17 heavy (non-hydrogen) atoms. The molecule has 0 saturated heterocycles. The Balaban J connectivity index is 2.08. The molecule has 0 aliphatic rings. The summed E-state index contributed by atoms with van der Waals surface area (Å²) in [6.45, 7) is 0.368. The third kappa shape index (κ3) is 3.05. The van der Waals surface area contributed by atoms with E-state index >= 15 is 0 Å². The monoisotopic (exact) mass is 288 g/mol. The minimum absolute atomic E-state index is 0.368. The van der Waals surface area contributed by atoms with Gasteiger partial charge in [0.1, 0.15) is 17.0 Å². The molecule has 2 aromatic rings. The molecule has 0 spiro atoms. The fraction of sp³-hybridized carbons (Fsp3) is 0.0769. The average Bonchev–Trinajstić information content (AvgIpc) is 2.38. The Labute approximate surface area is 108 Å². The molecule has 0 radical (unpaired) electrons. The molecule has 0 fully saturated rings. The van der Waals surface area contributed by atoms with Crippen LogP contribution in [0.4, 0.5) is 0 Å². The lowest BCUT2D eigenvalue weighted by molar-refractivity contribution is 0.304. The number of rotatable bonds is 3. The third-order valence-electron chi connectivity index (χ3n) is 2.23. The second-order valence-electron chi connectivity index (χ2n) is 3.37. The topological polar surface area (TPSA) is 45.9 Å². The van der Waals surface area contributed by atoms with E-state index in [2.05, 4.69) is 27.0 Å². The maximum atomic E-state index is 8.93. The number of hydrogen-bond acceptors (Lipinski definition) is 3. The van der Waals surface area contributed by atoms with Crippen molar-refractivity contribution in [2.24, 2.45) is 0 Å². The SMILES string of the molecule is N#Cc1ccccc1COc1ccc(Br)nc1. The molecular formula is C13H9BrN2O. The minimum Gasteiger partial charge on any atom is -0.487 e. The number of halogens is 1. The highest BCUT2D eigenvalue weighted by Crippen LogP contribution is 2.15. The molecule has 1 heterocycles. The molecule has 0 aliphatic heterocycles. The number of hydrogen-bond donors (Lipinski definition) is 0. The zero-order valence-corrected chi connectivity index (χ0v) is 10.5. The molecule has 1 aromatic carbocycles. The van der Waals surface area contributed by atoms with Gasteiger partial charge in [0.2, 0.25) is 0 Å². The van der Waals surface area contributed by atoms with Gasteiger partial charge in [-0.05, 0) is 34.1 Å². The lowest BCUT2D eigenvalue weighted by atomic mass is 10.1. The van der Waals surface area contributed by atoms with E-state index in [1.54, 1.807) is 12.3 Å². The van der Waals surface area contributed by atoms with Gasteiger partial charge >= 0.3 is 0 Å². The molecule has 0 saturated carbocycles. The van der Waals surface area contributed by atoms with E-state index in [9.17, 15) is 0 Å². The summed E-state index contributed by atoms with van der Waals surface area (Å²) >= 11 is 3.25. The van der Waals surface area contributed by atoms with Crippen molar-refractivity contribution in [1.82, 2.24) is 4.98 Å². The van der Waals surface area contributed by atoms with Gasteiger partial charge in [0, 0.05) is 5.56 Å². The Kier molecular flexibility index (Phi) is 3.73. The molecule has 0 atom stereocenters. The average molecular weight is 289 g/mol. The van der Waals surface area contributed by atoms with Crippen LogP contribution in [0.2, 0.25) is 0 Å². The van der Waals surface area contributed by atoms with Crippen molar-refractivity contribution in [3.05, 3.63) is 58.3 Å². The van der Waals surface area contributed by atoms with Crippen molar-refractivity contribution >= 4 is 15.9 Å². The molecule has 1 aromatic heterocycles. The van der Waals surface area contributed by atoms with Crippen LogP contribution < -0.4 is 4.74 Å².